The largest absolute Gasteiger partial charge is 0.354 e. The number of carbonyl (C=O) groups excluding carboxylic acids is 1. The molecular formula is C7H13NO3. The van der Waals surface area contributed by atoms with E-state index in [4.69, 9.17) is 15.2 Å². The van der Waals surface area contributed by atoms with Crippen LogP contribution in [0.2, 0.25) is 0 Å². The zero-order chi connectivity index (χ0) is 8.85. The fourth-order valence-electron chi connectivity index (χ4n) is 0.660. The van der Waals surface area contributed by atoms with Gasteiger partial charge in [-0.05, 0) is 6.08 Å². The molecule has 2 N–H and O–H groups in total. The number of methoxy groups -OCH3 is 2. The number of ether oxygens (including phenoxy) is 2. The van der Waals surface area contributed by atoms with E-state index >= 15 is 0 Å². The summed E-state index contributed by atoms with van der Waals surface area (Å²) < 4.78 is 9.54. The topological polar surface area (TPSA) is 61.6 Å². The maximum Gasteiger partial charge on any atom is 0.179 e. The molecule has 1 atom stereocenters. The summed E-state index contributed by atoms with van der Waals surface area (Å²) in [5.41, 5.74) is 5.42. The third-order valence-corrected chi connectivity index (χ3v) is 1.29. The van der Waals surface area contributed by atoms with E-state index in [1.54, 1.807) is 0 Å². The van der Waals surface area contributed by atoms with Crippen LogP contribution in [0.25, 0.3) is 0 Å². The Hall–Kier alpha value is -0.710. The molecule has 0 bridgehead atoms. The Morgan fingerprint density at radius 3 is 2.27 bits per heavy atom. The average Bonchev–Trinajstić information content (AvgIpc) is 2.05. The SMILES string of the molecule is C=CC(=O)C(N)C(OC)OC. The van der Waals surface area contributed by atoms with E-state index in [0.717, 1.165) is 6.08 Å². The van der Waals surface area contributed by atoms with Crippen molar-refractivity contribution in [3.63, 3.8) is 0 Å². The molecule has 0 spiro atoms. The van der Waals surface area contributed by atoms with E-state index in [9.17, 15) is 4.79 Å². The molecule has 0 aliphatic heterocycles. The van der Waals surface area contributed by atoms with Gasteiger partial charge >= 0.3 is 0 Å². The molecule has 11 heavy (non-hydrogen) atoms. The lowest BCUT2D eigenvalue weighted by molar-refractivity contribution is -0.139. The Morgan fingerprint density at radius 1 is 1.55 bits per heavy atom. The molecule has 0 fully saturated rings. The van der Waals surface area contributed by atoms with Crippen LogP contribution in [0.1, 0.15) is 0 Å². The molecule has 0 aromatic rings. The second kappa shape index (κ2) is 5.01. The van der Waals surface area contributed by atoms with Gasteiger partial charge in [-0.1, -0.05) is 6.58 Å². The van der Waals surface area contributed by atoms with E-state index in [-0.39, 0.29) is 5.78 Å². The summed E-state index contributed by atoms with van der Waals surface area (Å²) in [6, 6.07) is -0.789. The van der Waals surface area contributed by atoms with Crippen molar-refractivity contribution in [1.82, 2.24) is 0 Å². The number of carbonyl (C=O) groups is 1. The van der Waals surface area contributed by atoms with Gasteiger partial charge in [0.05, 0.1) is 0 Å². The van der Waals surface area contributed by atoms with Crippen LogP contribution in [0.15, 0.2) is 12.7 Å². The van der Waals surface area contributed by atoms with Crippen molar-refractivity contribution in [3.8, 4) is 0 Å². The molecule has 1 unspecified atom stereocenters. The molecule has 0 heterocycles. The summed E-state index contributed by atoms with van der Waals surface area (Å²) in [4.78, 5) is 10.9. The molecule has 0 rings (SSSR count). The molecule has 0 saturated carbocycles. The van der Waals surface area contributed by atoms with Gasteiger partial charge in [0.1, 0.15) is 6.04 Å². The van der Waals surface area contributed by atoms with E-state index in [1.807, 2.05) is 0 Å². The van der Waals surface area contributed by atoms with Gasteiger partial charge < -0.3 is 15.2 Å². The molecule has 0 aliphatic rings. The highest BCUT2D eigenvalue weighted by Crippen LogP contribution is 1.97. The fraction of sp³-hybridized carbons (Fsp3) is 0.571. The highest BCUT2D eigenvalue weighted by atomic mass is 16.7. The van der Waals surface area contributed by atoms with Crippen molar-refractivity contribution >= 4 is 5.78 Å². The third-order valence-electron chi connectivity index (χ3n) is 1.29. The van der Waals surface area contributed by atoms with E-state index in [2.05, 4.69) is 6.58 Å². The first-order valence-corrected chi connectivity index (χ1v) is 3.14. The molecule has 0 aromatic heterocycles. The summed E-state index contributed by atoms with van der Waals surface area (Å²) >= 11 is 0. The molecular weight excluding hydrogens is 146 g/mol. The first kappa shape index (κ1) is 10.3. The lowest BCUT2D eigenvalue weighted by Crippen LogP contribution is -2.43. The minimum atomic E-state index is -0.789. The highest BCUT2D eigenvalue weighted by Gasteiger charge is 2.21. The van der Waals surface area contributed by atoms with Crippen LogP contribution in [0.5, 0.6) is 0 Å². The molecule has 0 saturated heterocycles. The van der Waals surface area contributed by atoms with Crippen molar-refractivity contribution in [2.24, 2.45) is 5.73 Å². The van der Waals surface area contributed by atoms with Crippen molar-refractivity contribution in [3.05, 3.63) is 12.7 Å². The predicted octanol–water partition coefficient (Wildman–Crippen LogP) is -0.312. The first-order chi connectivity index (χ1) is 5.17. The van der Waals surface area contributed by atoms with Crippen LogP contribution in [0.3, 0.4) is 0 Å². The molecule has 0 aromatic carbocycles. The van der Waals surface area contributed by atoms with Crippen molar-refractivity contribution in [2.75, 3.05) is 14.2 Å². The van der Waals surface area contributed by atoms with E-state index < -0.39 is 12.3 Å². The van der Waals surface area contributed by atoms with Crippen LogP contribution >= 0.6 is 0 Å². The molecule has 64 valence electrons. The Bertz CT molecular complexity index is 143. The van der Waals surface area contributed by atoms with Crippen LogP contribution in [-0.2, 0) is 14.3 Å². The zero-order valence-electron chi connectivity index (χ0n) is 6.74. The van der Waals surface area contributed by atoms with Gasteiger partial charge in [-0.15, -0.1) is 0 Å². The summed E-state index contributed by atoms with van der Waals surface area (Å²) in [5.74, 6) is -0.293. The van der Waals surface area contributed by atoms with Gasteiger partial charge in [-0.25, -0.2) is 0 Å². The monoisotopic (exact) mass is 159 g/mol. The Labute approximate surface area is 66.0 Å². The molecule has 0 aliphatic carbocycles. The van der Waals surface area contributed by atoms with Gasteiger partial charge in [0, 0.05) is 14.2 Å². The smallest absolute Gasteiger partial charge is 0.179 e. The highest BCUT2D eigenvalue weighted by molar-refractivity contribution is 5.93. The number of rotatable bonds is 5. The first-order valence-electron chi connectivity index (χ1n) is 3.14. The van der Waals surface area contributed by atoms with Gasteiger partial charge in [0.15, 0.2) is 12.1 Å². The minimum Gasteiger partial charge on any atom is -0.354 e. The number of nitrogens with two attached hydrogens (primary N) is 1. The van der Waals surface area contributed by atoms with Crippen molar-refractivity contribution in [1.29, 1.82) is 0 Å². The van der Waals surface area contributed by atoms with Crippen LogP contribution < -0.4 is 5.73 Å². The number of hydrogen-bond acceptors (Lipinski definition) is 4. The summed E-state index contributed by atoms with van der Waals surface area (Å²) in [6.07, 6.45) is 0.455. The standard InChI is InChI=1S/C7H13NO3/c1-4-5(9)6(8)7(10-2)11-3/h4,6-7H,1,8H2,2-3H3. The quantitative estimate of drug-likeness (QED) is 0.441. The second-order valence-corrected chi connectivity index (χ2v) is 1.97. The lowest BCUT2D eigenvalue weighted by Gasteiger charge is -2.17. The Morgan fingerprint density at radius 2 is 2.00 bits per heavy atom. The Balaban J connectivity index is 4.07. The van der Waals surface area contributed by atoms with Crippen molar-refractivity contribution in [2.45, 2.75) is 12.3 Å². The predicted molar refractivity (Wildman–Crippen MR) is 41.0 cm³/mol. The summed E-state index contributed by atoms with van der Waals surface area (Å²) in [7, 11) is 2.84. The molecule has 4 nitrogen and oxygen atoms in total. The fourth-order valence-corrected chi connectivity index (χ4v) is 0.660. The third kappa shape index (κ3) is 2.80. The maximum absolute atomic E-state index is 10.9. The summed E-state index contributed by atoms with van der Waals surface area (Å²) in [5, 5.41) is 0. The van der Waals surface area contributed by atoms with Gasteiger partial charge in [0.2, 0.25) is 0 Å². The molecule has 4 heteroatoms. The normalized spacial score (nSPS) is 13.1. The van der Waals surface area contributed by atoms with E-state index in [0.29, 0.717) is 0 Å². The maximum atomic E-state index is 10.9. The van der Waals surface area contributed by atoms with Crippen LogP contribution in [0.4, 0.5) is 0 Å². The second-order valence-electron chi connectivity index (χ2n) is 1.97. The van der Waals surface area contributed by atoms with Crippen molar-refractivity contribution < 1.29 is 14.3 Å². The minimum absolute atomic E-state index is 0.293. The van der Waals surface area contributed by atoms with Crippen LogP contribution in [0, 0.1) is 0 Å². The van der Waals surface area contributed by atoms with Gasteiger partial charge in [-0.3, -0.25) is 4.79 Å². The molecule has 0 amide bonds. The van der Waals surface area contributed by atoms with Gasteiger partial charge in [0.25, 0.3) is 0 Å². The number of ketones is 1. The van der Waals surface area contributed by atoms with Gasteiger partial charge in [-0.2, -0.15) is 0 Å². The zero-order valence-corrected chi connectivity index (χ0v) is 6.74. The van der Waals surface area contributed by atoms with Crippen LogP contribution in [-0.4, -0.2) is 32.3 Å². The number of hydrogen-bond donors (Lipinski definition) is 1. The van der Waals surface area contributed by atoms with E-state index in [1.165, 1.54) is 14.2 Å². The average molecular weight is 159 g/mol. The molecule has 0 radical (unpaired) electrons. The lowest BCUT2D eigenvalue weighted by atomic mass is 10.2. The Kier molecular flexibility index (Phi) is 4.69. The summed E-state index contributed by atoms with van der Waals surface area (Å²) in [6.45, 7) is 3.29.